The van der Waals surface area contributed by atoms with Crippen LogP contribution in [0.1, 0.15) is 0 Å². The van der Waals surface area contributed by atoms with E-state index in [1.54, 1.807) is 0 Å². The number of fused-ring (bicyclic) bond motifs is 10. The van der Waals surface area contributed by atoms with Crippen molar-refractivity contribution in [1.29, 1.82) is 0 Å². The Morgan fingerprint density at radius 1 is 0.291 bits per heavy atom. The molecular formula is C51H31N3O. The summed E-state index contributed by atoms with van der Waals surface area (Å²) in [7, 11) is 0. The van der Waals surface area contributed by atoms with Crippen molar-refractivity contribution in [3.05, 3.63) is 188 Å². The number of hydrogen-bond donors (Lipinski definition) is 0. The molecule has 0 fully saturated rings. The maximum absolute atomic E-state index is 6.86. The number of aromatic nitrogens is 3. The second-order valence-corrected chi connectivity index (χ2v) is 13.9. The molecule has 2 heterocycles. The molecule has 0 bridgehead atoms. The van der Waals surface area contributed by atoms with E-state index in [2.05, 4.69) is 164 Å². The summed E-state index contributed by atoms with van der Waals surface area (Å²) in [6.07, 6.45) is 0. The van der Waals surface area contributed by atoms with Gasteiger partial charge in [0.2, 0.25) is 0 Å². The van der Waals surface area contributed by atoms with Crippen LogP contribution >= 0.6 is 0 Å². The highest BCUT2D eigenvalue weighted by Crippen LogP contribution is 2.46. The molecule has 9 aromatic carbocycles. The van der Waals surface area contributed by atoms with Crippen molar-refractivity contribution in [2.75, 3.05) is 0 Å². The van der Waals surface area contributed by atoms with Crippen molar-refractivity contribution in [1.82, 2.24) is 15.0 Å². The highest BCUT2D eigenvalue weighted by molar-refractivity contribution is 6.34. The van der Waals surface area contributed by atoms with Crippen LogP contribution in [0.2, 0.25) is 0 Å². The van der Waals surface area contributed by atoms with E-state index in [0.29, 0.717) is 17.5 Å². The Bertz CT molecular complexity index is 3240. The monoisotopic (exact) mass is 701 g/mol. The van der Waals surface area contributed by atoms with Gasteiger partial charge >= 0.3 is 0 Å². The van der Waals surface area contributed by atoms with Gasteiger partial charge in [0.25, 0.3) is 0 Å². The van der Waals surface area contributed by atoms with E-state index in [-0.39, 0.29) is 0 Å². The zero-order valence-electron chi connectivity index (χ0n) is 29.6. The molecule has 0 atom stereocenters. The molecule has 11 rings (SSSR count). The lowest BCUT2D eigenvalue weighted by atomic mass is 9.91. The van der Waals surface area contributed by atoms with Crippen LogP contribution in [0.5, 0.6) is 0 Å². The second kappa shape index (κ2) is 12.6. The number of furan rings is 1. The minimum Gasteiger partial charge on any atom is -0.455 e. The molecule has 11 aromatic rings. The zero-order valence-corrected chi connectivity index (χ0v) is 29.6. The van der Waals surface area contributed by atoms with Gasteiger partial charge in [-0.2, -0.15) is 0 Å². The maximum Gasteiger partial charge on any atom is 0.164 e. The van der Waals surface area contributed by atoms with Crippen molar-refractivity contribution in [3.63, 3.8) is 0 Å². The number of rotatable bonds is 5. The van der Waals surface area contributed by atoms with Crippen LogP contribution in [0.4, 0.5) is 0 Å². The Kier molecular flexibility index (Phi) is 7.14. The fraction of sp³-hybridized carbons (Fsp3) is 0. The first-order valence-electron chi connectivity index (χ1n) is 18.5. The van der Waals surface area contributed by atoms with Crippen molar-refractivity contribution < 1.29 is 4.42 Å². The Hall–Kier alpha value is -7.43. The zero-order chi connectivity index (χ0) is 36.3. The largest absolute Gasteiger partial charge is 0.455 e. The van der Waals surface area contributed by atoms with E-state index in [4.69, 9.17) is 19.4 Å². The van der Waals surface area contributed by atoms with Gasteiger partial charge in [-0.25, -0.2) is 15.0 Å². The lowest BCUT2D eigenvalue weighted by molar-refractivity contribution is 0.673. The number of nitrogens with zero attached hydrogens (tertiary/aromatic N) is 3. The molecule has 0 spiro atoms. The van der Waals surface area contributed by atoms with Gasteiger partial charge in [0, 0.05) is 32.8 Å². The molecule has 0 N–H and O–H groups in total. The van der Waals surface area contributed by atoms with E-state index in [1.807, 2.05) is 24.3 Å². The van der Waals surface area contributed by atoms with Gasteiger partial charge in [0.1, 0.15) is 11.2 Å². The fourth-order valence-corrected chi connectivity index (χ4v) is 8.11. The van der Waals surface area contributed by atoms with Crippen molar-refractivity contribution in [3.8, 4) is 56.4 Å². The minimum absolute atomic E-state index is 0.591. The summed E-state index contributed by atoms with van der Waals surface area (Å²) in [5.74, 6) is 1.80. The molecule has 0 saturated carbocycles. The average Bonchev–Trinajstić information content (AvgIpc) is 3.66. The average molecular weight is 702 g/mol. The molecule has 256 valence electrons. The van der Waals surface area contributed by atoms with Crippen molar-refractivity contribution in [2.45, 2.75) is 0 Å². The SMILES string of the molecule is c1ccc(-c2ccc(-c3nc(-c4cccc(-c5ccccc5)c4)nc(-c4cc5c6ccccc6c6ccccc6c5c5oc6ccccc6c45)n3)cc2)cc1. The highest BCUT2D eigenvalue weighted by atomic mass is 16.3. The summed E-state index contributed by atoms with van der Waals surface area (Å²) in [6, 6.07) is 65.6. The van der Waals surface area contributed by atoms with Gasteiger partial charge in [-0.3, -0.25) is 0 Å². The molecule has 4 heteroatoms. The maximum atomic E-state index is 6.86. The second-order valence-electron chi connectivity index (χ2n) is 13.9. The molecule has 0 unspecified atom stereocenters. The third-order valence-corrected chi connectivity index (χ3v) is 10.7. The summed E-state index contributed by atoms with van der Waals surface area (Å²) in [6.45, 7) is 0. The minimum atomic E-state index is 0.591. The molecule has 2 aromatic heterocycles. The van der Waals surface area contributed by atoms with E-state index < -0.39 is 0 Å². The van der Waals surface area contributed by atoms with E-state index in [9.17, 15) is 0 Å². The van der Waals surface area contributed by atoms with Crippen molar-refractivity contribution in [2.24, 2.45) is 0 Å². The van der Waals surface area contributed by atoms with Crippen LogP contribution in [-0.4, -0.2) is 15.0 Å². The van der Waals surface area contributed by atoms with Gasteiger partial charge < -0.3 is 4.42 Å². The third kappa shape index (κ3) is 5.19. The molecule has 0 aliphatic rings. The first-order chi connectivity index (χ1) is 27.3. The Morgan fingerprint density at radius 3 is 1.47 bits per heavy atom. The van der Waals surface area contributed by atoms with Crippen LogP contribution in [0.15, 0.2) is 192 Å². The van der Waals surface area contributed by atoms with Gasteiger partial charge in [-0.1, -0.05) is 170 Å². The smallest absolute Gasteiger partial charge is 0.164 e. The number of benzene rings is 9. The highest BCUT2D eigenvalue weighted by Gasteiger charge is 2.23. The molecule has 0 saturated heterocycles. The molecule has 0 amide bonds. The molecule has 0 radical (unpaired) electrons. The summed E-state index contributed by atoms with van der Waals surface area (Å²) >= 11 is 0. The third-order valence-electron chi connectivity index (χ3n) is 10.7. The topological polar surface area (TPSA) is 51.8 Å². The Morgan fingerprint density at radius 2 is 0.764 bits per heavy atom. The molecular weight excluding hydrogens is 671 g/mol. The van der Waals surface area contributed by atoms with Gasteiger partial charge in [0.15, 0.2) is 17.5 Å². The predicted octanol–water partition coefficient (Wildman–Crippen LogP) is 13.6. The Balaban J connectivity index is 1.22. The fourth-order valence-electron chi connectivity index (χ4n) is 8.11. The van der Waals surface area contributed by atoms with E-state index in [0.717, 1.165) is 82.4 Å². The lowest BCUT2D eigenvalue weighted by Crippen LogP contribution is -2.01. The van der Waals surface area contributed by atoms with Crippen LogP contribution < -0.4 is 0 Å². The predicted molar refractivity (Wildman–Crippen MR) is 227 cm³/mol. The lowest BCUT2D eigenvalue weighted by Gasteiger charge is -2.14. The van der Waals surface area contributed by atoms with Crippen molar-refractivity contribution >= 4 is 54.3 Å². The number of hydrogen-bond acceptors (Lipinski definition) is 4. The van der Waals surface area contributed by atoms with Crippen LogP contribution in [0, 0.1) is 0 Å². The summed E-state index contributed by atoms with van der Waals surface area (Å²) in [5, 5.41) is 8.89. The first-order valence-corrected chi connectivity index (χ1v) is 18.5. The van der Waals surface area contributed by atoms with Gasteiger partial charge in [-0.05, 0) is 67.4 Å². The van der Waals surface area contributed by atoms with Gasteiger partial charge in [0.05, 0.1) is 0 Å². The molecule has 4 nitrogen and oxygen atoms in total. The van der Waals surface area contributed by atoms with E-state index in [1.165, 1.54) is 10.8 Å². The standard InChI is InChI=1S/C51H31N3O/c1-3-14-32(15-4-1)34-26-28-35(29-27-34)49-52-50(37-19-13-18-36(30-37)33-16-5-2-6-17-33)54-51(53-49)44-31-43-40-22-8-7-20-38(40)39-21-9-10-23-41(39)46(43)48-47(44)42-24-11-12-25-45(42)55-48/h1-31H. The van der Waals surface area contributed by atoms with Crippen LogP contribution in [-0.2, 0) is 0 Å². The Labute approximate surface area is 317 Å². The summed E-state index contributed by atoms with van der Waals surface area (Å²) in [4.78, 5) is 15.8. The normalized spacial score (nSPS) is 11.6. The quantitative estimate of drug-likeness (QED) is 0.168. The first kappa shape index (κ1) is 31.1. The van der Waals surface area contributed by atoms with E-state index >= 15 is 0 Å². The summed E-state index contributed by atoms with van der Waals surface area (Å²) < 4.78 is 6.86. The van der Waals surface area contributed by atoms with Crippen LogP contribution in [0.25, 0.3) is 111 Å². The molecule has 0 aliphatic carbocycles. The van der Waals surface area contributed by atoms with Crippen LogP contribution in [0.3, 0.4) is 0 Å². The number of para-hydroxylation sites is 1. The summed E-state index contributed by atoms with van der Waals surface area (Å²) in [5.41, 5.74) is 8.91. The van der Waals surface area contributed by atoms with Gasteiger partial charge in [-0.15, -0.1) is 0 Å². The molecule has 55 heavy (non-hydrogen) atoms. The molecule has 0 aliphatic heterocycles.